The molecule has 2 heteroatoms. The number of nitrogens with zero attached hydrogens (tertiary/aromatic N) is 1. The summed E-state index contributed by atoms with van der Waals surface area (Å²) < 4.78 is 4.60. The number of hydrogen-bond donors (Lipinski definition) is 0. The van der Waals surface area contributed by atoms with E-state index in [1.54, 1.807) is 11.9 Å². The van der Waals surface area contributed by atoms with Crippen molar-refractivity contribution in [1.29, 1.82) is 0 Å². The van der Waals surface area contributed by atoms with Crippen LogP contribution in [0.2, 0.25) is 0 Å². The largest absolute Gasteiger partial charge is 0.226 e. The van der Waals surface area contributed by atoms with E-state index in [0.717, 1.165) is 12.1 Å². The zero-order valence-electron chi connectivity index (χ0n) is 7.56. The minimum atomic E-state index is 0.303. The zero-order valence-corrected chi connectivity index (χ0v) is 8.38. The van der Waals surface area contributed by atoms with Crippen LogP contribution in [0.3, 0.4) is 0 Å². The Morgan fingerprint density at radius 2 is 1.90 bits per heavy atom. The van der Waals surface area contributed by atoms with E-state index in [-0.39, 0.29) is 0 Å². The van der Waals surface area contributed by atoms with Crippen LogP contribution >= 0.6 is 11.9 Å². The van der Waals surface area contributed by atoms with E-state index < -0.39 is 0 Å². The highest BCUT2D eigenvalue weighted by Gasteiger charge is 2.14. The van der Waals surface area contributed by atoms with E-state index in [1.807, 2.05) is 13.8 Å². The van der Waals surface area contributed by atoms with Gasteiger partial charge < -0.3 is 0 Å². The smallest absolute Gasteiger partial charge is 0.0319 e. The fraction of sp³-hybridized carbons (Fsp3) is 0.875. The summed E-state index contributed by atoms with van der Waals surface area (Å²) in [5, 5.41) is 0. The molecule has 0 aromatic carbocycles. The SMILES string of the molecule is CCC(C)(C)SN=C(C)C. The first kappa shape index (κ1) is 10.0. The first-order valence-corrected chi connectivity index (χ1v) is 4.44. The molecule has 0 aliphatic carbocycles. The Bertz CT molecular complexity index is 123. The van der Waals surface area contributed by atoms with Gasteiger partial charge in [0, 0.05) is 10.5 Å². The average molecular weight is 159 g/mol. The molecule has 0 fully saturated rings. The van der Waals surface area contributed by atoms with Gasteiger partial charge in [-0.3, -0.25) is 0 Å². The second-order valence-corrected chi connectivity index (χ2v) is 4.71. The van der Waals surface area contributed by atoms with Crippen molar-refractivity contribution in [3.05, 3.63) is 0 Å². The third kappa shape index (κ3) is 4.86. The van der Waals surface area contributed by atoms with E-state index in [1.165, 1.54) is 0 Å². The van der Waals surface area contributed by atoms with Crippen molar-refractivity contribution in [3.8, 4) is 0 Å². The van der Waals surface area contributed by atoms with E-state index in [2.05, 4.69) is 25.2 Å². The van der Waals surface area contributed by atoms with Crippen LogP contribution in [0.25, 0.3) is 0 Å². The first-order chi connectivity index (χ1) is 4.48. The summed E-state index contributed by atoms with van der Waals surface area (Å²) in [5.74, 6) is 0. The maximum Gasteiger partial charge on any atom is 0.0319 e. The fourth-order valence-corrected chi connectivity index (χ4v) is 0.838. The van der Waals surface area contributed by atoms with Crippen molar-refractivity contribution >= 4 is 17.7 Å². The molecule has 0 saturated carbocycles. The highest BCUT2D eigenvalue weighted by molar-refractivity contribution is 7.99. The molecule has 10 heavy (non-hydrogen) atoms. The van der Waals surface area contributed by atoms with Crippen molar-refractivity contribution in [3.63, 3.8) is 0 Å². The molecule has 0 aromatic heterocycles. The molecular formula is C8H17NS. The molecule has 0 saturated heterocycles. The van der Waals surface area contributed by atoms with E-state index in [0.29, 0.717) is 4.75 Å². The molecule has 60 valence electrons. The maximum atomic E-state index is 4.30. The van der Waals surface area contributed by atoms with E-state index >= 15 is 0 Å². The second-order valence-electron chi connectivity index (χ2n) is 3.24. The van der Waals surface area contributed by atoms with Crippen molar-refractivity contribution < 1.29 is 0 Å². The van der Waals surface area contributed by atoms with Gasteiger partial charge in [-0.1, -0.05) is 6.92 Å². The maximum absolute atomic E-state index is 4.30. The predicted octanol–water partition coefficient (Wildman–Crippen LogP) is 3.30. The molecule has 0 N–H and O–H groups in total. The quantitative estimate of drug-likeness (QED) is 0.454. The summed E-state index contributed by atoms with van der Waals surface area (Å²) in [4.78, 5) is 0. The molecule has 0 aromatic rings. The molecule has 0 unspecified atom stereocenters. The Morgan fingerprint density at radius 1 is 1.40 bits per heavy atom. The lowest BCUT2D eigenvalue weighted by Crippen LogP contribution is -2.10. The Hall–Kier alpha value is 0.0200. The van der Waals surface area contributed by atoms with Gasteiger partial charge in [-0.05, 0) is 46.1 Å². The first-order valence-electron chi connectivity index (χ1n) is 3.67. The topological polar surface area (TPSA) is 12.4 Å². The molecule has 1 nitrogen and oxygen atoms in total. The van der Waals surface area contributed by atoms with Crippen LogP contribution in [0.5, 0.6) is 0 Å². The molecular weight excluding hydrogens is 142 g/mol. The fourth-order valence-electron chi connectivity index (χ4n) is 0.279. The zero-order chi connectivity index (χ0) is 8.20. The predicted molar refractivity (Wildman–Crippen MR) is 50.7 cm³/mol. The van der Waals surface area contributed by atoms with Crippen LogP contribution in [0.1, 0.15) is 41.0 Å². The van der Waals surface area contributed by atoms with Gasteiger partial charge in [0.15, 0.2) is 0 Å². The van der Waals surface area contributed by atoms with Gasteiger partial charge in [0.05, 0.1) is 0 Å². The molecule has 0 atom stereocenters. The highest BCUT2D eigenvalue weighted by Crippen LogP contribution is 2.28. The van der Waals surface area contributed by atoms with Crippen LogP contribution in [0.4, 0.5) is 0 Å². The lowest BCUT2D eigenvalue weighted by Gasteiger charge is -2.17. The molecule has 0 rings (SSSR count). The van der Waals surface area contributed by atoms with Crippen molar-refractivity contribution in [2.45, 2.75) is 45.8 Å². The molecule has 0 aliphatic rings. The van der Waals surface area contributed by atoms with Gasteiger partial charge in [-0.25, -0.2) is 4.40 Å². The second kappa shape index (κ2) is 4.02. The summed E-state index contributed by atoms with van der Waals surface area (Å²) in [6.07, 6.45) is 1.16. The van der Waals surface area contributed by atoms with Crippen molar-refractivity contribution in [2.24, 2.45) is 4.40 Å². The number of rotatable bonds is 3. The Morgan fingerprint density at radius 3 is 2.20 bits per heavy atom. The van der Waals surface area contributed by atoms with Gasteiger partial charge in [0.1, 0.15) is 0 Å². The Kier molecular flexibility index (Phi) is 4.02. The monoisotopic (exact) mass is 159 g/mol. The molecule has 0 amide bonds. The Balaban J connectivity index is 3.78. The summed E-state index contributed by atoms with van der Waals surface area (Å²) in [5.41, 5.74) is 1.14. The van der Waals surface area contributed by atoms with Crippen LogP contribution in [0, 0.1) is 0 Å². The third-order valence-electron chi connectivity index (χ3n) is 1.33. The summed E-state index contributed by atoms with van der Waals surface area (Å²) in [7, 11) is 0. The van der Waals surface area contributed by atoms with Crippen LogP contribution < -0.4 is 0 Å². The van der Waals surface area contributed by atoms with Gasteiger partial charge in [0.2, 0.25) is 0 Å². The summed E-state index contributed by atoms with van der Waals surface area (Å²) in [6.45, 7) is 10.7. The standard InChI is InChI=1S/C8H17NS/c1-6-8(4,5)10-9-7(2)3/h6H2,1-5H3. The van der Waals surface area contributed by atoms with Crippen molar-refractivity contribution in [2.75, 3.05) is 0 Å². The molecule has 0 spiro atoms. The van der Waals surface area contributed by atoms with Crippen LogP contribution in [-0.2, 0) is 0 Å². The highest BCUT2D eigenvalue weighted by atomic mass is 32.2. The van der Waals surface area contributed by atoms with Crippen molar-refractivity contribution in [1.82, 2.24) is 0 Å². The Labute approximate surface area is 68.4 Å². The molecule has 0 heterocycles. The normalized spacial score (nSPS) is 11.3. The van der Waals surface area contributed by atoms with E-state index in [9.17, 15) is 0 Å². The minimum Gasteiger partial charge on any atom is -0.226 e. The average Bonchev–Trinajstić information content (AvgIpc) is 1.85. The van der Waals surface area contributed by atoms with Crippen LogP contribution in [0.15, 0.2) is 4.40 Å². The molecule has 0 bridgehead atoms. The third-order valence-corrected chi connectivity index (χ3v) is 2.57. The van der Waals surface area contributed by atoms with Gasteiger partial charge in [-0.15, -0.1) is 0 Å². The van der Waals surface area contributed by atoms with Gasteiger partial charge >= 0.3 is 0 Å². The number of hydrogen-bond acceptors (Lipinski definition) is 2. The molecule has 0 radical (unpaired) electrons. The summed E-state index contributed by atoms with van der Waals surface area (Å²) in [6, 6.07) is 0. The van der Waals surface area contributed by atoms with Gasteiger partial charge in [-0.2, -0.15) is 0 Å². The minimum absolute atomic E-state index is 0.303. The van der Waals surface area contributed by atoms with Gasteiger partial charge in [0.25, 0.3) is 0 Å². The lowest BCUT2D eigenvalue weighted by atomic mass is 10.1. The van der Waals surface area contributed by atoms with E-state index in [4.69, 9.17) is 0 Å². The van der Waals surface area contributed by atoms with Crippen LogP contribution in [-0.4, -0.2) is 10.5 Å². The lowest BCUT2D eigenvalue weighted by molar-refractivity contribution is 0.685. The molecule has 0 aliphatic heterocycles. The summed E-state index contributed by atoms with van der Waals surface area (Å²) >= 11 is 1.67.